The summed E-state index contributed by atoms with van der Waals surface area (Å²) in [5.41, 5.74) is 0.0555. The molecule has 20 heavy (non-hydrogen) atoms. The van der Waals surface area contributed by atoms with Gasteiger partial charge in [0.2, 0.25) is 0 Å². The molecule has 3 nitrogen and oxygen atoms in total. The zero-order chi connectivity index (χ0) is 14.7. The lowest BCUT2D eigenvalue weighted by Gasteiger charge is -2.08. The summed E-state index contributed by atoms with van der Waals surface area (Å²) in [5, 5.41) is 0. The molecule has 0 bridgehead atoms. The van der Waals surface area contributed by atoms with Crippen LogP contribution in [0.4, 0.5) is 8.78 Å². The highest BCUT2D eigenvalue weighted by Crippen LogP contribution is 2.24. The van der Waals surface area contributed by atoms with E-state index in [1.165, 1.54) is 19.1 Å². The van der Waals surface area contributed by atoms with Gasteiger partial charge in [-0.1, -0.05) is 18.2 Å². The Balaban J connectivity index is 2.36. The quantitative estimate of drug-likeness (QED) is 0.490. The number of hydrogen-bond acceptors (Lipinski definition) is 3. The molecular formula is C15H10F2O3. The molecule has 2 aromatic rings. The molecule has 0 aliphatic heterocycles. The van der Waals surface area contributed by atoms with E-state index in [-0.39, 0.29) is 16.9 Å². The van der Waals surface area contributed by atoms with Crippen LogP contribution in [0.15, 0.2) is 42.5 Å². The largest absolute Gasteiger partial charge is 0.422 e. The summed E-state index contributed by atoms with van der Waals surface area (Å²) >= 11 is 0. The van der Waals surface area contributed by atoms with Crippen LogP contribution in [0.5, 0.6) is 5.75 Å². The second kappa shape index (κ2) is 5.61. The van der Waals surface area contributed by atoms with Crippen LogP contribution in [-0.2, 0) is 0 Å². The normalized spacial score (nSPS) is 10.2. The van der Waals surface area contributed by atoms with E-state index in [4.69, 9.17) is 4.74 Å². The van der Waals surface area contributed by atoms with E-state index in [0.29, 0.717) is 12.1 Å². The van der Waals surface area contributed by atoms with Crippen molar-refractivity contribution in [2.75, 3.05) is 0 Å². The summed E-state index contributed by atoms with van der Waals surface area (Å²) in [6, 6.07) is 9.40. The van der Waals surface area contributed by atoms with E-state index in [9.17, 15) is 18.4 Å². The van der Waals surface area contributed by atoms with Gasteiger partial charge in [-0.25, -0.2) is 13.6 Å². The summed E-state index contributed by atoms with van der Waals surface area (Å²) in [4.78, 5) is 23.2. The fraction of sp³-hybridized carbons (Fsp3) is 0.0667. The Morgan fingerprint density at radius 1 is 1.00 bits per heavy atom. The second-order valence-electron chi connectivity index (χ2n) is 4.07. The average molecular weight is 276 g/mol. The standard InChI is InChI=1S/C15H10F2O3/c1-9(18)11-7-12(16)13(17)8-14(11)20-15(19)10-5-3-2-4-6-10/h2-8H,1H3. The summed E-state index contributed by atoms with van der Waals surface area (Å²) in [5.74, 6) is -3.94. The Labute approximate surface area is 113 Å². The monoisotopic (exact) mass is 276 g/mol. The molecule has 0 radical (unpaired) electrons. The molecule has 5 heteroatoms. The molecule has 0 fully saturated rings. The van der Waals surface area contributed by atoms with Crippen molar-refractivity contribution in [2.24, 2.45) is 0 Å². The van der Waals surface area contributed by atoms with Crippen LogP contribution in [0.25, 0.3) is 0 Å². The molecular weight excluding hydrogens is 266 g/mol. The van der Waals surface area contributed by atoms with Crippen molar-refractivity contribution in [1.29, 1.82) is 0 Å². The molecule has 0 amide bonds. The summed E-state index contributed by atoms with van der Waals surface area (Å²) < 4.78 is 31.3. The summed E-state index contributed by atoms with van der Waals surface area (Å²) in [7, 11) is 0. The fourth-order valence-electron chi connectivity index (χ4n) is 1.62. The van der Waals surface area contributed by atoms with Crippen molar-refractivity contribution in [2.45, 2.75) is 6.92 Å². The van der Waals surface area contributed by atoms with E-state index < -0.39 is 23.4 Å². The Morgan fingerprint density at radius 2 is 1.60 bits per heavy atom. The molecule has 0 atom stereocenters. The lowest BCUT2D eigenvalue weighted by molar-refractivity contribution is 0.0732. The highest BCUT2D eigenvalue weighted by atomic mass is 19.2. The maximum absolute atomic E-state index is 13.2. The van der Waals surface area contributed by atoms with Gasteiger partial charge in [0.1, 0.15) is 5.75 Å². The highest BCUT2D eigenvalue weighted by molar-refractivity contribution is 5.99. The topological polar surface area (TPSA) is 43.4 Å². The first-order valence-electron chi connectivity index (χ1n) is 5.76. The number of esters is 1. The number of rotatable bonds is 3. The van der Waals surface area contributed by atoms with Gasteiger partial charge < -0.3 is 4.74 Å². The van der Waals surface area contributed by atoms with Gasteiger partial charge in [0.25, 0.3) is 0 Å². The van der Waals surface area contributed by atoms with Gasteiger partial charge in [0.05, 0.1) is 11.1 Å². The predicted octanol–water partition coefficient (Wildman–Crippen LogP) is 3.39. The first kappa shape index (κ1) is 13.9. The third-order valence-corrected chi connectivity index (χ3v) is 2.61. The van der Waals surface area contributed by atoms with Gasteiger partial charge >= 0.3 is 5.97 Å². The van der Waals surface area contributed by atoms with Crippen molar-refractivity contribution in [1.82, 2.24) is 0 Å². The van der Waals surface area contributed by atoms with Gasteiger partial charge in [0, 0.05) is 6.07 Å². The van der Waals surface area contributed by atoms with Crippen molar-refractivity contribution in [3.63, 3.8) is 0 Å². The number of ether oxygens (including phenoxy) is 1. The van der Waals surface area contributed by atoms with Crippen LogP contribution in [0, 0.1) is 11.6 Å². The number of ketones is 1. The third kappa shape index (κ3) is 2.88. The van der Waals surface area contributed by atoms with E-state index in [1.54, 1.807) is 18.2 Å². The molecule has 0 N–H and O–H groups in total. The van der Waals surface area contributed by atoms with E-state index in [0.717, 1.165) is 0 Å². The molecule has 2 aromatic carbocycles. The smallest absolute Gasteiger partial charge is 0.343 e. The molecule has 2 rings (SSSR count). The van der Waals surface area contributed by atoms with Crippen LogP contribution in [0.1, 0.15) is 27.6 Å². The predicted molar refractivity (Wildman–Crippen MR) is 67.8 cm³/mol. The lowest BCUT2D eigenvalue weighted by Crippen LogP contribution is -2.11. The Kier molecular flexibility index (Phi) is 3.89. The Morgan fingerprint density at radius 3 is 2.20 bits per heavy atom. The van der Waals surface area contributed by atoms with Crippen molar-refractivity contribution < 1.29 is 23.1 Å². The van der Waals surface area contributed by atoms with Crippen LogP contribution >= 0.6 is 0 Å². The minimum atomic E-state index is -1.19. The van der Waals surface area contributed by atoms with Crippen molar-refractivity contribution >= 4 is 11.8 Å². The first-order valence-corrected chi connectivity index (χ1v) is 5.76. The van der Waals surface area contributed by atoms with Crippen LogP contribution in [-0.4, -0.2) is 11.8 Å². The number of halogens is 2. The van der Waals surface area contributed by atoms with Gasteiger partial charge in [-0.15, -0.1) is 0 Å². The summed E-state index contributed by atoms with van der Waals surface area (Å²) in [6.45, 7) is 1.17. The maximum Gasteiger partial charge on any atom is 0.343 e. The molecule has 0 aromatic heterocycles. The Bertz CT molecular complexity index is 666. The number of Topliss-reactive ketones (excluding diaryl/α,β-unsaturated/α-hetero) is 1. The van der Waals surface area contributed by atoms with Crippen molar-refractivity contribution in [3.8, 4) is 5.75 Å². The minimum absolute atomic E-state index is 0.187. The molecule has 0 saturated carbocycles. The van der Waals surface area contributed by atoms with Gasteiger partial charge in [0.15, 0.2) is 17.4 Å². The van der Waals surface area contributed by atoms with Crippen LogP contribution < -0.4 is 4.74 Å². The van der Waals surface area contributed by atoms with Gasteiger partial charge in [-0.2, -0.15) is 0 Å². The molecule has 0 spiro atoms. The fourth-order valence-corrected chi connectivity index (χ4v) is 1.62. The van der Waals surface area contributed by atoms with Crippen molar-refractivity contribution in [3.05, 3.63) is 65.2 Å². The minimum Gasteiger partial charge on any atom is -0.422 e. The first-order chi connectivity index (χ1) is 9.49. The SMILES string of the molecule is CC(=O)c1cc(F)c(F)cc1OC(=O)c1ccccc1. The average Bonchev–Trinajstić information content (AvgIpc) is 2.43. The molecule has 0 aliphatic carbocycles. The zero-order valence-corrected chi connectivity index (χ0v) is 10.5. The maximum atomic E-state index is 13.2. The molecule has 102 valence electrons. The van der Waals surface area contributed by atoms with E-state index >= 15 is 0 Å². The molecule has 0 aliphatic rings. The highest BCUT2D eigenvalue weighted by Gasteiger charge is 2.17. The van der Waals surface area contributed by atoms with Gasteiger partial charge in [-0.3, -0.25) is 4.79 Å². The van der Waals surface area contributed by atoms with E-state index in [2.05, 4.69) is 0 Å². The number of hydrogen-bond donors (Lipinski definition) is 0. The van der Waals surface area contributed by atoms with Gasteiger partial charge in [-0.05, 0) is 25.1 Å². The number of carbonyl (C=O) groups excluding carboxylic acids is 2. The number of benzene rings is 2. The molecule has 0 saturated heterocycles. The second-order valence-corrected chi connectivity index (χ2v) is 4.07. The molecule has 0 unspecified atom stereocenters. The van der Waals surface area contributed by atoms with Crippen LogP contribution in [0.2, 0.25) is 0 Å². The molecule has 0 heterocycles. The number of carbonyl (C=O) groups is 2. The van der Waals surface area contributed by atoms with Crippen LogP contribution in [0.3, 0.4) is 0 Å². The third-order valence-electron chi connectivity index (χ3n) is 2.61. The van der Waals surface area contributed by atoms with E-state index in [1.807, 2.05) is 0 Å². The lowest BCUT2D eigenvalue weighted by atomic mass is 10.1. The zero-order valence-electron chi connectivity index (χ0n) is 10.5. The Hall–Kier alpha value is -2.56. The summed E-state index contributed by atoms with van der Waals surface area (Å²) in [6.07, 6.45) is 0.